The van der Waals surface area contributed by atoms with E-state index in [1.807, 2.05) is 42.7 Å². The van der Waals surface area contributed by atoms with Gasteiger partial charge in [0.15, 0.2) is 5.16 Å². The number of nitrogens with one attached hydrogen (secondary N) is 1. The molecule has 4 aromatic rings. The molecule has 0 atom stereocenters. The fraction of sp³-hybridized carbons (Fsp3) is 0.333. The Labute approximate surface area is 192 Å². The fourth-order valence-electron chi connectivity index (χ4n) is 3.82. The summed E-state index contributed by atoms with van der Waals surface area (Å²) in [6.07, 6.45) is 2.30. The lowest BCUT2D eigenvalue weighted by atomic mass is 10.2. The molecule has 3 aromatic heterocycles. The molecule has 0 radical (unpaired) electrons. The summed E-state index contributed by atoms with van der Waals surface area (Å²) in [5.41, 5.74) is 1.84. The maximum absolute atomic E-state index is 12.6. The number of aromatic nitrogens is 5. The van der Waals surface area contributed by atoms with Crippen molar-refractivity contribution in [2.75, 3.05) is 18.0 Å². The molecule has 0 spiro atoms. The van der Waals surface area contributed by atoms with Gasteiger partial charge in [-0.1, -0.05) is 29.4 Å². The van der Waals surface area contributed by atoms with E-state index >= 15 is 0 Å². The van der Waals surface area contributed by atoms with Crippen molar-refractivity contribution >= 4 is 50.9 Å². The minimum atomic E-state index is -0.0866. The van der Waals surface area contributed by atoms with Crippen LogP contribution in [0.2, 0.25) is 5.02 Å². The van der Waals surface area contributed by atoms with Crippen molar-refractivity contribution in [3.05, 3.63) is 55.9 Å². The van der Waals surface area contributed by atoms with Crippen molar-refractivity contribution in [1.82, 2.24) is 24.7 Å². The first-order chi connectivity index (χ1) is 15.0. The molecular formula is C21H21ClN6OS2. The van der Waals surface area contributed by atoms with Gasteiger partial charge in [-0.2, -0.15) is 0 Å². The Bertz CT molecular complexity index is 1320. The topological polar surface area (TPSA) is 79.7 Å². The number of thiophene rings is 1. The minimum absolute atomic E-state index is 0.0866. The lowest BCUT2D eigenvalue weighted by molar-refractivity contribution is 0.840. The van der Waals surface area contributed by atoms with Crippen LogP contribution in [0.4, 0.5) is 5.95 Å². The van der Waals surface area contributed by atoms with Crippen molar-refractivity contribution in [1.29, 1.82) is 0 Å². The zero-order valence-corrected chi connectivity index (χ0v) is 19.6. The van der Waals surface area contributed by atoms with E-state index in [9.17, 15) is 4.79 Å². The van der Waals surface area contributed by atoms with Gasteiger partial charge in [0.1, 0.15) is 10.7 Å². The normalized spacial score (nSPS) is 14.1. The third-order valence-electron chi connectivity index (χ3n) is 5.50. The summed E-state index contributed by atoms with van der Waals surface area (Å²) in [5, 5.41) is 11.0. The van der Waals surface area contributed by atoms with Crippen molar-refractivity contribution in [3.8, 4) is 5.69 Å². The number of H-pyrrole nitrogens is 1. The van der Waals surface area contributed by atoms with Crippen molar-refractivity contribution < 1.29 is 0 Å². The monoisotopic (exact) mass is 472 g/mol. The summed E-state index contributed by atoms with van der Waals surface area (Å²) in [4.78, 5) is 24.4. The lowest BCUT2D eigenvalue weighted by Crippen LogP contribution is -2.22. The van der Waals surface area contributed by atoms with Gasteiger partial charge in [-0.15, -0.1) is 21.5 Å². The predicted octanol–water partition coefficient (Wildman–Crippen LogP) is 4.73. The van der Waals surface area contributed by atoms with Crippen LogP contribution in [0.15, 0.2) is 34.2 Å². The van der Waals surface area contributed by atoms with Crippen LogP contribution in [0, 0.1) is 13.8 Å². The Morgan fingerprint density at radius 1 is 1.23 bits per heavy atom. The van der Waals surface area contributed by atoms with Gasteiger partial charge in [-0.05, 0) is 50.5 Å². The van der Waals surface area contributed by atoms with Gasteiger partial charge in [0, 0.05) is 23.0 Å². The second kappa shape index (κ2) is 8.29. The number of fused-ring (bicyclic) bond motifs is 1. The van der Waals surface area contributed by atoms with Gasteiger partial charge >= 0.3 is 0 Å². The van der Waals surface area contributed by atoms with Crippen LogP contribution in [-0.2, 0) is 5.75 Å². The van der Waals surface area contributed by atoms with E-state index in [4.69, 9.17) is 11.6 Å². The van der Waals surface area contributed by atoms with Gasteiger partial charge in [0.25, 0.3) is 5.56 Å². The standard InChI is InChI=1S/C21H21ClN6OS2/c1-12-13(2)31-19-17(12)18(29)23-16(24-19)11-30-21-26-25-20(27-8-3-4-9-27)28(21)15-7-5-6-14(22)10-15/h5-7,10H,3-4,8-9,11H2,1-2H3,(H,23,24,29). The Morgan fingerprint density at radius 3 is 2.81 bits per heavy atom. The molecule has 1 aliphatic rings. The minimum Gasteiger partial charge on any atom is -0.341 e. The smallest absolute Gasteiger partial charge is 0.259 e. The molecule has 1 N–H and O–H groups in total. The van der Waals surface area contributed by atoms with Gasteiger partial charge in [0.05, 0.1) is 16.8 Å². The maximum Gasteiger partial charge on any atom is 0.259 e. The van der Waals surface area contributed by atoms with E-state index in [-0.39, 0.29) is 5.56 Å². The summed E-state index contributed by atoms with van der Waals surface area (Å²) >= 11 is 9.32. The Balaban J connectivity index is 1.49. The van der Waals surface area contributed by atoms with Gasteiger partial charge in [0.2, 0.25) is 5.95 Å². The summed E-state index contributed by atoms with van der Waals surface area (Å²) in [7, 11) is 0. The number of thioether (sulfide) groups is 1. The van der Waals surface area contributed by atoms with Crippen LogP contribution in [-0.4, -0.2) is 37.8 Å². The molecule has 0 aliphatic carbocycles. The number of aromatic amines is 1. The number of halogens is 1. The largest absolute Gasteiger partial charge is 0.341 e. The van der Waals surface area contributed by atoms with E-state index < -0.39 is 0 Å². The van der Waals surface area contributed by atoms with Gasteiger partial charge in [-0.3, -0.25) is 9.36 Å². The highest BCUT2D eigenvalue weighted by atomic mass is 35.5. The summed E-state index contributed by atoms with van der Waals surface area (Å²) in [6, 6.07) is 7.70. The molecule has 4 heterocycles. The van der Waals surface area contributed by atoms with E-state index in [1.165, 1.54) is 11.8 Å². The first-order valence-corrected chi connectivity index (χ1v) is 12.3. The number of aryl methyl sites for hydroxylation is 2. The van der Waals surface area contributed by atoms with E-state index in [1.54, 1.807) is 11.3 Å². The van der Waals surface area contributed by atoms with E-state index in [2.05, 4.69) is 25.1 Å². The average Bonchev–Trinajstić information content (AvgIpc) is 3.46. The highest BCUT2D eigenvalue weighted by Gasteiger charge is 2.23. The Morgan fingerprint density at radius 2 is 2.03 bits per heavy atom. The molecular weight excluding hydrogens is 452 g/mol. The molecule has 10 heteroatoms. The first-order valence-electron chi connectivity index (χ1n) is 10.1. The number of nitrogens with zero attached hydrogens (tertiary/aromatic N) is 5. The first kappa shape index (κ1) is 20.5. The lowest BCUT2D eigenvalue weighted by Gasteiger charge is -2.18. The fourth-order valence-corrected chi connectivity index (χ4v) is 5.87. The molecule has 31 heavy (non-hydrogen) atoms. The second-order valence-electron chi connectivity index (χ2n) is 7.56. The maximum atomic E-state index is 12.6. The zero-order valence-electron chi connectivity index (χ0n) is 17.2. The molecule has 0 bridgehead atoms. The Kier molecular flexibility index (Phi) is 5.49. The number of benzene rings is 1. The van der Waals surface area contributed by atoms with E-state index in [0.717, 1.165) is 58.0 Å². The van der Waals surface area contributed by atoms with Crippen LogP contribution < -0.4 is 10.5 Å². The third kappa shape index (κ3) is 3.86. The van der Waals surface area contributed by atoms with Crippen molar-refractivity contribution in [2.45, 2.75) is 37.6 Å². The average molecular weight is 473 g/mol. The zero-order chi connectivity index (χ0) is 21.5. The molecule has 0 amide bonds. The summed E-state index contributed by atoms with van der Waals surface area (Å²) in [6.45, 7) is 5.91. The quantitative estimate of drug-likeness (QED) is 0.423. The highest BCUT2D eigenvalue weighted by molar-refractivity contribution is 7.98. The molecule has 1 aromatic carbocycles. The van der Waals surface area contributed by atoms with Gasteiger partial charge in [-0.25, -0.2) is 4.98 Å². The van der Waals surface area contributed by atoms with Gasteiger partial charge < -0.3 is 9.88 Å². The molecule has 1 aliphatic heterocycles. The van der Waals surface area contributed by atoms with Crippen molar-refractivity contribution in [3.63, 3.8) is 0 Å². The van der Waals surface area contributed by atoms with Crippen molar-refractivity contribution in [2.24, 2.45) is 0 Å². The molecule has 1 saturated heterocycles. The molecule has 5 rings (SSSR count). The third-order valence-corrected chi connectivity index (χ3v) is 7.77. The second-order valence-corrected chi connectivity index (χ2v) is 10.1. The van der Waals surface area contributed by atoms with Crippen LogP contribution >= 0.6 is 34.7 Å². The molecule has 7 nitrogen and oxygen atoms in total. The highest BCUT2D eigenvalue weighted by Crippen LogP contribution is 2.31. The molecule has 160 valence electrons. The van der Waals surface area contributed by atoms with Crippen LogP contribution in [0.25, 0.3) is 15.9 Å². The number of hydrogen-bond acceptors (Lipinski definition) is 7. The van der Waals surface area contributed by atoms with E-state index in [0.29, 0.717) is 22.0 Å². The number of rotatable bonds is 5. The molecule has 1 fully saturated rings. The SMILES string of the molecule is Cc1sc2nc(CSc3nnc(N4CCCC4)n3-c3cccc(Cl)c3)[nH]c(=O)c2c1C. The van der Waals surface area contributed by atoms with Crippen LogP contribution in [0.1, 0.15) is 29.1 Å². The molecule has 0 saturated carbocycles. The molecule has 0 unspecified atom stereocenters. The number of hydrogen-bond donors (Lipinski definition) is 1. The summed E-state index contributed by atoms with van der Waals surface area (Å²) < 4.78 is 2.04. The Hall–Kier alpha value is -2.36. The summed E-state index contributed by atoms with van der Waals surface area (Å²) in [5.74, 6) is 1.94. The van der Waals surface area contributed by atoms with Crippen LogP contribution in [0.5, 0.6) is 0 Å². The van der Waals surface area contributed by atoms with Crippen LogP contribution in [0.3, 0.4) is 0 Å². The predicted molar refractivity (Wildman–Crippen MR) is 127 cm³/mol. The number of anilines is 1.